The lowest BCUT2D eigenvalue weighted by atomic mass is 9.82. The monoisotopic (exact) mass is 184 g/mol. The first-order chi connectivity index (χ1) is 6.25. The van der Waals surface area contributed by atoms with Crippen molar-refractivity contribution in [1.82, 2.24) is 5.32 Å². The highest BCUT2D eigenvalue weighted by Gasteiger charge is 2.38. The second-order valence-electron chi connectivity index (χ2n) is 3.89. The lowest BCUT2D eigenvalue weighted by Gasteiger charge is -2.25. The van der Waals surface area contributed by atoms with Gasteiger partial charge in [0.05, 0.1) is 0 Å². The number of hydrogen-bond acceptors (Lipinski definition) is 2. The number of hydrogen-bond donors (Lipinski definition) is 2. The Labute approximate surface area is 80.1 Å². The van der Waals surface area contributed by atoms with Crippen molar-refractivity contribution in [3.8, 4) is 0 Å². The van der Waals surface area contributed by atoms with Gasteiger partial charge in [-0.3, -0.25) is 4.79 Å². The van der Waals surface area contributed by atoms with E-state index in [1.165, 1.54) is 12.8 Å². The van der Waals surface area contributed by atoms with E-state index in [0.717, 1.165) is 19.3 Å². The molecule has 13 heavy (non-hydrogen) atoms. The van der Waals surface area contributed by atoms with Gasteiger partial charge < -0.3 is 11.1 Å². The molecule has 0 saturated heterocycles. The molecule has 1 aliphatic rings. The fraction of sp³-hybridized carbons (Fsp3) is 0.900. The van der Waals surface area contributed by atoms with Crippen molar-refractivity contribution in [2.45, 2.75) is 39.0 Å². The third-order valence-corrected chi connectivity index (χ3v) is 3.15. The number of carbonyl (C=O) groups is 1. The van der Waals surface area contributed by atoms with Gasteiger partial charge in [0, 0.05) is 18.5 Å². The molecule has 0 bridgehead atoms. The van der Waals surface area contributed by atoms with Crippen molar-refractivity contribution in [1.29, 1.82) is 0 Å². The summed E-state index contributed by atoms with van der Waals surface area (Å²) in [4.78, 5) is 11.8. The van der Waals surface area contributed by atoms with Crippen LogP contribution >= 0.6 is 0 Å². The Bertz CT molecular complexity index is 174. The summed E-state index contributed by atoms with van der Waals surface area (Å²) in [5.41, 5.74) is 5.29. The topological polar surface area (TPSA) is 55.1 Å². The van der Waals surface area contributed by atoms with Crippen LogP contribution in [-0.4, -0.2) is 19.0 Å². The predicted octanol–water partition coefficient (Wildman–Crippen LogP) is 1.03. The van der Waals surface area contributed by atoms with Crippen LogP contribution < -0.4 is 11.1 Å². The molecular formula is C10H20N2O. The van der Waals surface area contributed by atoms with E-state index in [1.807, 2.05) is 0 Å². The van der Waals surface area contributed by atoms with Crippen LogP contribution in [0, 0.1) is 5.41 Å². The van der Waals surface area contributed by atoms with Crippen molar-refractivity contribution in [3.05, 3.63) is 0 Å². The van der Waals surface area contributed by atoms with E-state index in [1.54, 1.807) is 0 Å². The third kappa shape index (κ3) is 2.21. The minimum absolute atomic E-state index is 0.0603. The van der Waals surface area contributed by atoms with E-state index in [2.05, 4.69) is 12.2 Å². The second-order valence-corrected chi connectivity index (χ2v) is 3.89. The summed E-state index contributed by atoms with van der Waals surface area (Å²) < 4.78 is 0. The van der Waals surface area contributed by atoms with Crippen LogP contribution in [0.5, 0.6) is 0 Å². The maximum absolute atomic E-state index is 11.8. The van der Waals surface area contributed by atoms with Gasteiger partial charge in [0.1, 0.15) is 0 Å². The molecule has 3 N–H and O–H groups in total. The lowest BCUT2D eigenvalue weighted by Crippen LogP contribution is -2.40. The average molecular weight is 184 g/mol. The van der Waals surface area contributed by atoms with Crippen LogP contribution in [0.15, 0.2) is 0 Å². The average Bonchev–Trinajstić information content (AvgIpc) is 2.63. The fourth-order valence-electron chi connectivity index (χ4n) is 2.17. The van der Waals surface area contributed by atoms with Gasteiger partial charge in [-0.25, -0.2) is 0 Å². The normalized spacial score (nSPS) is 20.2. The summed E-state index contributed by atoms with van der Waals surface area (Å²) in [7, 11) is 0. The molecule has 0 aliphatic heterocycles. The molecule has 1 fully saturated rings. The van der Waals surface area contributed by atoms with Crippen molar-refractivity contribution < 1.29 is 4.79 Å². The van der Waals surface area contributed by atoms with Gasteiger partial charge in [0.25, 0.3) is 0 Å². The molecule has 0 aromatic carbocycles. The zero-order valence-corrected chi connectivity index (χ0v) is 8.44. The van der Waals surface area contributed by atoms with Gasteiger partial charge in [-0.15, -0.1) is 0 Å². The molecule has 1 aliphatic carbocycles. The van der Waals surface area contributed by atoms with E-state index >= 15 is 0 Å². The maximum atomic E-state index is 11.8. The van der Waals surface area contributed by atoms with Gasteiger partial charge in [-0.1, -0.05) is 19.8 Å². The molecule has 1 rings (SSSR count). The second kappa shape index (κ2) is 4.61. The van der Waals surface area contributed by atoms with Gasteiger partial charge in [0.15, 0.2) is 0 Å². The Morgan fingerprint density at radius 3 is 2.54 bits per heavy atom. The summed E-state index contributed by atoms with van der Waals surface area (Å²) in [6.07, 6.45) is 5.47. The maximum Gasteiger partial charge on any atom is 0.226 e. The van der Waals surface area contributed by atoms with Gasteiger partial charge >= 0.3 is 0 Å². The molecule has 0 unspecified atom stereocenters. The smallest absolute Gasteiger partial charge is 0.226 e. The van der Waals surface area contributed by atoms with Crippen molar-refractivity contribution in [2.24, 2.45) is 11.1 Å². The van der Waals surface area contributed by atoms with E-state index in [0.29, 0.717) is 13.1 Å². The van der Waals surface area contributed by atoms with E-state index < -0.39 is 0 Å². The summed E-state index contributed by atoms with van der Waals surface area (Å²) in [5, 5.41) is 2.90. The lowest BCUT2D eigenvalue weighted by molar-refractivity contribution is -0.130. The van der Waals surface area contributed by atoms with Crippen molar-refractivity contribution in [2.75, 3.05) is 13.1 Å². The molecule has 3 nitrogen and oxygen atoms in total. The van der Waals surface area contributed by atoms with E-state index in [4.69, 9.17) is 5.73 Å². The summed E-state index contributed by atoms with van der Waals surface area (Å²) in [6.45, 7) is 3.25. The zero-order valence-electron chi connectivity index (χ0n) is 8.44. The van der Waals surface area contributed by atoms with E-state index in [-0.39, 0.29) is 11.3 Å². The van der Waals surface area contributed by atoms with Crippen LogP contribution in [0.4, 0.5) is 0 Å². The number of nitrogens with one attached hydrogen (secondary N) is 1. The van der Waals surface area contributed by atoms with E-state index in [9.17, 15) is 4.79 Å². The van der Waals surface area contributed by atoms with Crippen LogP contribution in [0.2, 0.25) is 0 Å². The summed E-state index contributed by atoms with van der Waals surface area (Å²) in [5.74, 6) is 0.220. The minimum atomic E-state index is -0.0603. The predicted molar refractivity (Wildman–Crippen MR) is 53.3 cm³/mol. The Morgan fingerprint density at radius 1 is 1.46 bits per heavy atom. The molecule has 0 aromatic rings. The molecule has 3 heteroatoms. The standard InChI is InChI=1S/C10H20N2O/c1-2-10(5-3-4-6-10)9(13)12-8-7-11/h2-8,11H2,1H3,(H,12,13). The molecule has 0 aromatic heterocycles. The van der Waals surface area contributed by atoms with Crippen molar-refractivity contribution in [3.63, 3.8) is 0 Å². The Morgan fingerprint density at radius 2 is 2.08 bits per heavy atom. The number of rotatable bonds is 4. The SMILES string of the molecule is CCC1(C(=O)NCCN)CCCC1. The first kappa shape index (κ1) is 10.5. The Balaban J connectivity index is 2.49. The highest BCUT2D eigenvalue weighted by molar-refractivity contribution is 5.82. The molecular weight excluding hydrogens is 164 g/mol. The molecule has 0 atom stereocenters. The molecule has 76 valence electrons. The molecule has 1 saturated carbocycles. The Kier molecular flexibility index (Phi) is 3.72. The van der Waals surface area contributed by atoms with Crippen molar-refractivity contribution >= 4 is 5.91 Å². The first-order valence-electron chi connectivity index (χ1n) is 5.23. The molecule has 0 spiro atoms. The van der Waals surface area contributed by atoms with Crippen LogP contribution in [0.3, 0.4) is 0 Å². The zero-order chi connectivity index (χ0) is 9.73. The highest BCUT2D eigenvalue weighted by atomic mass is 16.2. The number of nitrogens with two attached hydrogens (primary N) is 1. The third-order valence-electron chi connectivity index (χ3n) is 3.15. The van der Waals surface area contributed by atoms with Gasteiger partial charge in [-0.2, -0.15) is 0 Å². The summed E-state index contributed by atoms with van der Waals surface area (Å²) in [6, 6.07) is 0. The van der Waals surface area contributed by atoms with Gasteiger partial charge in [-0.05, 0) is 19.3 Å². The largest absolute Gasteiger partial charge is 0.354 e. The van der Waals surface area contributed by atoms with Crippen LogP contribution in [0.25, 0.3) is 0 Å². The number of carbonyl (C=O) groups excluding carboxylic acids is 1. The highest BCUT2D eigenvalue weighted by Crippen LogP contribution is 2.40. The van der Waals surface area contributed by atoms with Gasteiger partial charge in [0.2, 0.25) is 5.91 Å². The number of amides is 1. The summed E-state index contributed by atoms with van der Waals surface area (Å²) >= 11 is 0. The Hall–Kier alpha value is -0.570. The quantitative estimate of drug-likeness (QED) is 0.685. The molecule has 0 radical (unpaired) electrons. The minimum Gasteiger partial charge on any atom is -0.354 e. The molecule has 0 heterocycles. The van der Waals surface area contributed by atoms with Crippen LogP contribution in [-0.2, 0) is 4.79 Å². The first-order valence-corrected chi connectivity index (χ1v) is 5.23. The molecule has 1 amide bonds. The van der Waals surface area contributed by atoms with Crippen LogP contribution in [0.1, 0.15) is 39.0 Å². The fourth-order valence-corrected chi connectivity index (χ4v) is 2.17.